The van der Waals surface area contributed by atoms with E-state index in [9.17, 15) is 14.0 Å². The molecule has 7 heteroatoms. The third kappa shape index (κ3) is 5.02. The molecule has 5 rings (SSSR count). The van der Waals surface area contributed by atoms with Crippen molar-refractivity contribution in [2.75, 3.05) is 5.32 Å². The van der Waals surface area contributed by atoms with E-state index >= 15 is 0 Å². The van der Waals surface area contributed by atoms with E-state index < -0.39 is 5.97 Å². The highest BCUT2D eigenvalue weighted by Crippen LogP contribution is 2.29. The zero-order valence-corrected chi connectivity index (χ0v) is 20.5. The Bertz CT molecular complexity index is 1570. The summed E-state index contributed by atoms with van der Waals surface area (Å²) >= 11 is 0. The average molecular weight is 496 g/mol. The van der Waals surface area contributed by atoms with Gasteiger partial charge in [-0.1, -0.05) is 48.5 Å². The van der Waals surface area contributed by atoms with Crippen LogP contribution in [0.4, 0.5) is 10.1 Å². The highest BCUT2D eigenvalue weighted by molar-refractivity contribution is 5.99. The molecule has 0 radical (unpaired) electrons. The van der Waals surface area contributed by atoms with Gasteiger partial charge in [0.15, 0.2) is 0 Å². The molecule has 0 aliphatic rings. The van der Waals surface area contributed by atoms with Crippen molar-refractivity contribution in [2.45, 2.75) is 26.5 Å². The fourth-order valence-electron chi connectivity index (χ4n) is 4.38. The van der Waals surface area contributed by atoms with E-state index in [-0.39, 0.29) is 30.1 Å². The van der Waals surface area contributed by atoms with E-state index in [4.69, 9.17) is 4.74 Å². The van der Waals surface area contributed by atoms with Crippen LogP contribution in [0.3, 0.4) is 0 Å². The number of carbonyl (C=O) groups excluding carboxylic acids is 2. The van der Waals surface area contributed by atoms with E-state index in [1.165, 1.54) is 12.1 Å². The number of hydrogen-bond donors (Lipinski definition) is 1. The molecule has 0 saturated carbocycles. The standard InChI is InChI=1S/C30H26FN3O3/c1-20(2)37-30(36)28-18-27-26(16-17-33(27)23-14-12-22(31)13-15-23)34(28)19-29(35)32-25-11-7-6-10-24(25)21-8-4-3-5-9-21/h3-18,20H,19H2,1-2H3,(H,32,35). The Morgan fingerprint density at radius 3 is 2.32 bits per heavy atom. The summed E-state index contributed by atoms with van der Waals surface area (Å²) in [6, 6.07) is 27.0. The molecule has 0 saturated heterocycles. The molecule has 1 N–H and O–H groups in total. The summed E-state index contributed by atoms with van der Waals surface area (Å²) in [6.45, 7) is 3.45. The quantitative estimate of drug-likeness (QED) is 0.264. The molecule has 0 bridgehead atoms. The van der Waals surface area contributed by atoms with Crippen molar-refractivity contribution >= 4 is 28.6 Å². The average Bonchev–Trinajstić information content (AvgIpc) is 3.45. The molecule has 0 atom stereocenters. The summed E-state index contributed by atoms with van der Waals surface area (Å²) in [5, 5.41) is 3.00. The fourth-order valence-corrected chi connectivity index (χ4v) is 4.38. The first-order valence-corrected chi connectivity index (χ1v) is 12.0. The van der Waals surface area contributed by atoms with Gasteiger partial charge in [0.1, 0.15) is 18.1 Å². The fraction of sp³-hybridized carbons (Fsp3) is 0.133. The Balaban J connectivity index is 1.50. The van der Waals surface area contributed by atoms with Gasteiger partial charge in [-0.25, -0.2) is 9.18 Å². The maximum atomic E-state index is 13.5. The second kappa shape index (κ2) is 10.1. The molecular weight excluding hydrogens is 469 g/mol. The summed E-state index contributed by atoms with van der Waals surface area (Å²) in [5.74, 6) is -1.14. The molecule has 1 amide bonds. The molecule has 37 heavy (non-hydrogen) atoms. The van der Waals surface area contributed by atoms with Gasteiger partial charge in [-0.3, -0.25) is 4.79 Å². The van der Waals surface area contributed by atoms with Gasteiger partial charge in [0.25, 0.3) is 0 Å². The lowest BCUT2D eigenvalue weighted by molar-refractivity contribution is -0.116. The lowest BCUT2D eigenvalue weighted by Gasteiger charge is -2.14. The minimum absolute atomic E-state index is 0.0947. The van der Waals surface area contributed by atoms with Crippen molar-refractivity contribution in [2.24, 2.45) is 0 Å². The topological polar surface area (TPSA) is 65.3 Å². The molecule has 6 nitrogen and oxygen atoms in total. The van der Waals surface area contributed by atoms with Gasteiger partial charge in [0.05, 0.1) is 17.1 Å². The molecule has 0 aliphatic heterocycles. The first-order chi connectivity index (χ1) is 17.9. The number of amides is 1. The highest BCUT2D eigenvalue weighted by atomic mass is 19.1. The summed E-state index contributed by atoms with van der Waals surface area (Å²) in [5.41, 5.74) is 4.96. The van der Waals surface area contributed by atoms with Gasteiger partial charge in [-0.05, 0) is 61.9 Å². The number of aromatic nitrogens is 2. The van der Waals surface area contributed by atoms with Crippen LogP contribution >= 0.6 is 0 Å². The van der Waals surface area contributed by atoms with Crippen LogP contribution in [-0.2, 0) is 16.1 Å². The first-order valence-electron chi connectivity index (χ1n) is 12.0. The van der Waals surface area contributed by atoms with E-state index in [1.54, 1.807) is 36.6 Å². The normalized spacial score (nSPS) is 11.1. The summed E-state index contributed by atoms with van der Waals surface area (Å²) in [6.07, 6.45) is 1.51. The molecule has 0 aliphatic carbocycles. The number of nitrogens with one attached hydrogen (secondary N) is 1. The van der Waals surface area contributed by atoms with Gasteiger partial charge < -0.3 is 19.2 Å². The minimum atomic E-state index is -0.519. The van der Waals surface area contributed by atoms with Crippen molar-refractivity contribution < 1.29 is 18.7 Å². The molecule has 0 unspecified atom stereocenters. The number of anilines is 1. The largest absolute Gasteiger partial charge is 0.458 e. The number of benzene rings is 3. The van der Waals surface area contributed by atoms with Gasteiger partial charge in [0.2, 0.25) is 5.91 Å². The highest BCUT2D eigenvalue weighted by Gasteiger charge is 2.22. The van der Waals surface area contributed by atoms with Crippen molar-refractivity contribution in [3.8, 4) is 16.8 Å². The number of nitrogens with zero attached hydrogens (tertiary/aromatic N) is 2. The van der Waals surface area contributed by atoms with Gasteiger partial charge >= 0.3 is 5.97 Å². The summed E-state index contributed by atoms with van der Waals surface area (Å²) in [4.78, 5) is 26.3. The zero-order chi connectivity index (χ0) is 25.9. The number of halogens is 1. The monoisotopic (exact) mass is 495 g/mol. The predicted molar refractivity (Wildman–Crippen MR) is 142 cm³/mol. The van der Waals surface area contributed by atoms with Crippen molar-refractivity contribution in [1.29, 1.82) is 0 Å². The number of hydrogen-bond acceptors (Lipinski definition) is 3. The molecule has 2 heterocycles. The van der Waals surface area contributed by atoms with Crippen LogP contribution in [0.5, 0.6) is 0 Å². The smallest absolute Gasteiger partial charge is 0.355 e. The van der Waals surface area contributed by atoms with Gasteiger partial charge in [-0.2, -0.15) is 0 Å². The van der Waals surface area contributed by atoms with E-state index in [2.05, 4.69) is 5.32 Å². The SMILES string of the molecule is CC(C)OC(=O)c1cc2c(ccn2-c2ccc(F)cc2)n1CC(=O)Nc1ccccc1-c1ccccc1. The van der Waals surface area contributed by atoms with Crippen LogP contribution in [0.25, 0.3) is 27.8 Å². The van der Waals surface area contributed by atoms with E-state index in [1.807, 2.05) is 71.4 Å². The van der Waals surface area contributed by atoms with Crippen molar-refractivity contribution in [3.05, 3.63) is 109 Å². The Hall–Kier alpha value is -4.65. The Morgan fingerprint density at radius 2 is 1.59 bits per heavy atom. The number of fused-ring (bicyclic) bond motifs is 1. The Kier molecular flexibility index (Phi) is 6.60. The predicted octanol–water partition coefficient (Wildman–Crippen LogP) is 6.44. The lowest BCUT2D eigenvalue weighted by atomic mass is 10.0. The number of esters is 1. The summed E-state index contributed by atoms with van der Waals surface area (Å²) < 4.78 is 22.4. The number of rotatable bonds is 7. The maximum Gasteiger partial charge on any atom is 0.355 e. The summed E-state index contributed by atoms with van der Waals surface area (Å²) in [7, 11) is 0. The van der Waals surface area contributed by atoms with Gasteiger partial charge in [0, 0.05) is 23.1 Å². The van der Waals surface area contributed by atoms with Crippen LogP contribution in [0.2, 0.25) is 0 Å². The number of carbonyl (C=O) groups is 2. The third-order valence-electron chi connectivity index (χ3n) is 6.00. The molecule has 5 aromatic rings. The molecular formula is C30H26FN3O3. The van der Waals surface area contributed by atoms with E-state index in [0.717, 1.165) is 16.8 Å². The molecule has 3 aromatic carbocycles. The first kappa shape index (κ1) is 24.1. The third-order valence-corrected chi connectivity index (χ3v) is 6.00. The molecule has 0 spiro atoms. The maximum absolute atomic E-state index is 13.5. The van der Waals surface area contributed by atoms with Crippen molar-refractivity contribution in [3.63, 3.8) is 0 Å². The molecule has 2 aromatic heterocycles. The zero-order valence-electron chi connectivity index (χ0n) is 20.5. The van der Waals surface area contributed by atoms with E-state index in [0.29, 0.717) is 16.7 Å². The Labute approximate surface area is 213 Å². The van der Waals surface area contributed by atoms with Crippen molar-refractivity contribution in [1.82, 2.24) is 9.13 Å². The van der Waals surface area contributed by atoms with Crippen LogP contribution in [0.1, 0.15) is 24.3 Å². The molecule has 186 valence electrons. The second-order valence-corrected chi connectivity index (χ2v) is 8.96. The lowest BCUT2D eigenvalue weighted by Crippen LogP contribution is -2.23. The molecule has 0 fully saturated rings. The second-order valence-electron chi connectivity index (χ2n) is 8.96. The van der Waals surface area contributed by atoms with Crippen LogP contribution in [-0.4, -0.2) is 27.1 Å². The van der Waals surface area contributed by atoms with Crippen LogP contribution < -0.4 is 5.32 Å². The van der Waals surface area contributed by atoms with Crippen LogP contribution in [0, 0.1) is 5.82 Å². The van der Waals surface area contributed by atoms with Crippen LogP contribution in [0.15, 0.2) is 97.2 Å². The number of para-hydroxylation sites is 1. The minimum Gasteiger partial charge on any atom is -0.458 e. The Morgan fingerprint density at radius 1 is 0.892 bits per heavy atom. The van der Waals surface area contributed by atoms with Gasteiger partial charge in [-0.15, -0.1) is 0 Å². The number of ether oxygens (including phenoxy) is 1.